The van der Waals surface area contributed by atoms with Crippen LogP contribution in [0.15, 0.2) is 18.3 Å². The third-order valence-electron chi connectivity index (χ3n) is 4.07. The number of hydrogen-bond acceptors (Lipinski definition) is 4. The predicted molar refractivity (Wildman–Crippen MR) is 94.5 cm³/mol. The Kier molecular flexibility index (Phi) is 7.93. The van der Waals surface area contributed by atoms with E-state index in [0.717, 1.165) is 50.4 Å². The zero-order valence-corrected chi connectivity index (χ0v) is 14.2. The highest BCUT2D eigenvalue weighted by Crippen LogP contribution is 2.19. The van der Waals surface area contributed by atoms with E-state index in [1.807, 2.05) is 12.1 Å². The van der Waals surface area contributed by atoms with E-state index in [-0.39, 0.29) is 36.8 Å². The van der Waals surface area contributed by atoms with Crippen LogP contribution >= 0.6 is 24.8 Å². The SMILES string of the molecule is Cl.Cl.O=C(Nc1ccc(N2CCCC2)nc1)[C@H]1CCCCN1. The summed E-state index contributed by atoms with van der Waals surface area (Å²) in [5, 5.41) is 6.20. The van der Waals surface area contributed by atoms with Gasteiger partial charge in [-0.1, -0.05) is 6.42 Å². The second-order valence-electron chi connectivity index (χ2n) is 5.59. The number of piperidine rings is 1. The van der Waals surface area contributed by atoms with Gasteiger partial charge in [-0.2, -0.15) is 0 Å². The van der Waals surface area contributed by atoms with Crippen molar-refractivity contribution in [3.63, 3.8) is 0 Å². The molecule has 0 aliphatic carbocycles. The van der Waals surface area contributed by atoms with E-state index < -0.39 is 0 Å². The van der Waals surface area contributed by atoms with Crippen LogP contribution in [0.4, 0.5) is 11.5 Å². The van der Waals surface area contributed by atoms with Crippen molar-refractivity contribution >= 4 is 42.2 Å². The molecule has 0 radical (unpaired) electrons. The Morgan fingerprint density at radius 1 is 1.18 bits per heavy atom. The van der Waals surface area contributed by atoms with Crippen molar-refractivity contribution in [2.45, 2.75) is 38.1 Å². The van der Waals surface area contributed by atoms with Crippen LogP contribution in [0.1, 0.15) is 32.1 Å². The highest BCUT2D eigenvalue weighted by Gasteiger charge is 2.20. The number of rotatable bonds is 3. The molecule has 2 aliphatic heterocycles. The molecule has 0 unspecified atom stereocenters. The third-order valence-corrected chi connectivity index (χ3v) is 4.07. The summed E-state index contributed by atoms with van der Waals surface area (Å²) in [6, 6.07) is 3.89. The highest BCUT2D eigenvalue weighted by atomic mass is 35.5. The Hall–Kier alpha value is -1.04. The van der Waals surface area contributed by atoms with Crippen LogP contribution in [-0.4, -0.2) is 36.6 Å². The van der Waals surface area contributed by atoms with Gasteiger partial charge in [-0.15, -0.1) is 24.8 Å². The average molecular weight is 347 g/mol. The fourth-order valence-electron chi connectivity index (χ4n) is 2.90. The summed E-state index contributed by atoms with van der Waals surface area (Å²) in [6.07, 6.45) is 7.45. The topological polar surface area (TPSA) is 57.3 Å². The number of nitrogens with one attached hydrogen (secondary N) is 2. The van der Waals surface area contributed by atoms with Gasteiger partial charge in [0.05, 0.1) is 17.9 Å². The largest absolute Gasteiger partial charge is 0.357 e. The Labute approximate surface area is 144 Å². The monoisotopic (exact) mass is 346 g/mol. The number of nitrogens with zero attached hydrogens (tertiary/aromatic N) is 2. The molecule has 1 amide bonds. The van der Waals surface area contributed by atoms with Crippen LogP contribution in [-0.2, 0) is 4.79 Å². The van der Waals surface area contributed by atoms with Crippen molar-refractivity contribution in [3.8, 4) is 0 Å². The maximum atomic E-state index is 12.1. The van der Waals surface area contributed by atoms with Gasteiger partial charge < -0.3 is 15.5 Å². The van der Waals surface area contributed by atoms with Gasteiger partial charge in [0.1, 0.15) is 5.82 Å². The normalized spacial score (nSPS) is 20.7. The quantitative estimate of drug-likeness (QED) is 0.883. The number of hydrogen-bond donors (Lipinski definition) is 2. The molecule has 3 rings (SSSR count). The van der Waals surface area contributed by atoms with Gasteiger partial charge in [-0.05, 0) is 44.4 Å². The van der Waals surface area contributed by atoms with Crippen LogP contribution in [0.5, 0.6) is 0 Å². The van der Waals surface area contributed by atoms with Gasteiger partial charge in [0.25, 0.3) is 0 Å². The summed E-state index contributed by atoms with van der Waals surface area (Å²) in [7, 11) is 0. The number of carbonyl (C=O) groups excluding carboxylic acids is 1. The zero-order valence-electron chi connectivity index (χ0n) is 12.6. The molecular weight excluding hydrogens is 323 g/mol. The molecule has 0 saturated carbocycles. The average Bonchev–Trinajstić information content (AvgIpc) is 3.03. The van der Waals surface area contributed by atoms with Gasteiger partial charge in [0.15, 0.2) is 0 Å². The number of anilines is 2. The number of carbonyl (C=O) groups is 1. The first-order valence-electron chi connectivity index (χ1n) is 7.58. The molecule has 2 fully saturated rings. The molecule has 2 aliphatic rings. The van der Waals surface area contributed by atoms with Crippen molar-refractivity contribution in [2.24, 2.45) is 0 Å². The van der Waals surface area contributed by atoms with Gasteiger partial charge >= 0.3 is 0 Å². The number of amides is 1. The van der Waals surface area contributed by atoms with Crippen LogP contribution in [0.25, 0.3) is 0 Å². The molecule has 22 heavy (non-hydrogen) atoms. The molecule has 5 nitrogen and oxygen atoms in total. The summed E-state index contributed by atoms with van der Waals surface area (Å²) >= 11 is 0. The Morgan fingerprint density at radius 2 is 1.95 bits per heavy atom. The van der Waals surface area contributed by atoms with E-state index in [1.54, 1.807) is 6.20 Å². The predicted octanol–water partition coefficient (Wildman–Crippen LogP) is 2.61. The lowest BCUT2D eigenvalue weighted by molar-refractivity contribution is -0.118. The first-order valence-corrected chi connectivity index (χ1v) is 7.58. The van der Waals surface area contributed by atoms with Crippen LogP contribution in [0.2, 0.25) is 0 Å². The fraction of sp³-hybridized carbons (Fsp3) is 0.600. The minimum atomic E-state index is -0.0537. The minimum absolute atomic E-state index is 0. The maximum absolute atomic E-state index is 12.1. The first kappa shape index (κ1) is 19.0. The Bertz CT molecular complexity index is 457. The van der Waals surface area contributed by atoms with Gasteiger partial charge in [0, 0.05) is 13.1 Å². The molecule has 0 spiro atoms. The molecule has 0 bridgehead atoms. The van der Waals surface area contributed by atoms with Crippen molar-refractivity contribution in [3.05, 3.63) is 18.3 Å². The van der Waals surface area contributed by atoms with E-state index in [9.17, 15) is 4.79 Å². The number of aromatic nitrogens is 1. The second kappa shape index (κ2) is 9.18. The summed E-state index contributed by atoms with van der Waals surface area (Å²) < 4.78 is 0. The lowest BCUT2D eigenvalue weighted by Gasteiger charge is -2.22. The lowest BCUT2D eigenvalue weighted by atomic mass is 10.0. The Morgan fingerprint density at radius 3 is 2.55 bits per heavy atom. The van der Waals surface area contributed by atoms with Crippen molar-refractivity contribution in [2.75, 3.05) is 29.9 Å². The summed E-state index contributed by atoms with van der Waals surface area (Å²) in [4.78, 5) is 18.8. The molecule has 0 aromatic carbocycles. The Balaban J connectivity index is 0.00000121. The summed E-state index contributed by atoms with van der Waals surface area (Å²) in [6.45, 7) is 3.11. The van der Waals surface area contributed by atoms with E-state index in [1.165, 1.54) is 12.8 Å². The molecule has 2 saturated heterocycles. The molecule has 7 heteroatoms. The third kappa shape index (κ3) is 4.73. The van der Waals surface area contributed by atoms with E-state index in [4.69, 9.17) is 0 Å². The van der Waals surface area contributed by atoms with Crippen LogP contribution in [0, 0.1) is 0 Å². The maximum Gasteiger partial charge on any atom is 0.241 e. The van der Waals surface area contributed by atoms with Crippen molar-refractivity contribution < 1.29 is 4.79 Å². The molecule has 124 valence electrons. The highest BCUT2D eigenvalue weighted by molar-refractivity contribution is 5.94. The van der Waals surface area contributed by atoms with E-state index >= 15 is 0 Å². The van der Waals surface area contributed by atoms with Crippen molar-refractivity contribution in [1.82, 2.24) is 10.3 Å². The van der Waals surface area contributed by atoms with E-state index in [0.29, 0.717) is 0 Å². The minimum Gasteiger partial charge on any atom is -0.357 e. The smallest absolute Gasteiger partial charge is 0.241 e. The van der Waals surface area contributed by atoms with Gasteiger partial charge in [-0.3, -0.25) is 4.79 Å². The second-order valence-corrected chi connectivity index (χ2v) is 5.59. The number of pyridine rings is 1. The standard InChI is InChI=1S/C15H22N4O.2ClH/c20-15(13-5-1-2-8-16-13)18-12-6-7-14(17-11-12)19-9-3-4-10-19;;/h6-7,11,13,16H,1-5,8-10H2,(H,18,20);2*1H/t13-;;/m1../s1. The van der Waals surface area contributed by atoms with Gasteiger partial charge in [0.2, 0.25) is 5.91 Å². The van der Waals surface area contributed by atoms with E-state index in [2.05, 4.69) is 20.5 Å². The zero-order chi connectivity index (χ0) is 13.8. The van der Waals surface area contributed by atoms with Gasteiger partial charge in [-0.25, -0.2) is 4.98 Å². The first-order chi connectivity index (χ1) is 9.83. The molecule has 1 aromatic rings. The van der Waals surface area contributed by atoms with Crippen LogP contribution < -0.4 is 15.5 Å². The molecular formula is C15H24Cl2N4O. The molecule has 1 aromatic heterocycles. The molecule has 1 atom stereocenters. The summed E-state index contributed by atoms with van der Waals surface area (Å²) in [5.74, 6) is 1.07. The van der Waals surface area contributed by atoms with Crippen molar-refractivity contribution in [1.29, 1.82) is 0 Å². The molecule has 2 N–H and O–H groups in total. The number of halogens is 2. The fourth-order valence-corrected chi connectivity index (χ4v) is 2.90. The lowest BCUT2D eigenvalue weighted by Crippen LogP contribution is -2.43. The van der Waals surface area contributed by atoms with Crippen LogP contribution in [0.3, 0.4) is 0 Å². The molecule has 3 heterocycles. The summed E-state index contributed by atoms with van der Waals surface area (Å²) in [5.41, 5.74) is 0.783.